The molecule has 2 fully saturated rings. The number of nitrogens with one attached hydrogen (secondary N) is 2. The first-order valence-electron chi connectivity index (χ1n) is 9.97. The molecule has 25 heavy (non-hydrogen) atoms. The van der Waals surface area contributed by atoms with Crippen LogP contribution in [0.1, 0.15) is 47.0 Å². The van der Waals surface area contributed by atoms with Crippen LogP contribution in [0.5, 0.6) is 0 Å². The molecule has 2 atom stereocenters. The highest BCUT2D eigenvalue weighted by molar-refractivity contribution is 14.0. The normalized spacial score (nSPS) is 26.7. The van der Waals surface area contributed by atoms with Crippen molar-refractivity contribution in [1.82, 2.24) is 20.4 Å². The van der Waals surface area contributed by atoms with Crippen LogP contribution >= 0.6 is 24.0 Å². The second-order valence-electron chi connectivity index (χ2n) is 7.94. The van der Waals surface area contributed by atoms with Crippen molar-refractivity contribution < 1.29 is 0 Å². The molecule has 0 aromatic heterocycles. The molecular weight excluding hydrogens is 425 g/mol. The van der Waals surface area contributed by atoms with Crippen LogP contribution in [0.25, 0.3) is 0 Å². The van der Waals surface area contributed by atoms with E-state index in [4.69, 9.17) is 0 Å². The average molecular weight is 465 g/mol. The van der Waals surface area contributed by atoms with Gasteiger partial charge in [-0.2, -0.15) is 0 Å². The van der Waals surface area contributed by atoms with E-state index in [2.05, 4.69) is 53.1 Å². The number of likely N-dealkylation sites (tertiary alicyclic amines) is 2. The summed E-state index contributed by atoms with van der Waals surface area (Å²) in [6, 6.07) is 1.13. The molecule has 0 aliphatic carbocycles. The van der Waals surface area contributed by atoms with E-state index in [0.29, 0.717) is 18.0 Å². The van der Waals surface area contributed by atoms with Gasteiger partial charge in [0, 0.05) is 38.8 Å². The summed E-state index contributed by atoms with van der Waals surface area (Å²) in [5.41, 5.74) is 0. The summed E-state index contributed by atoms with van der Waals surface area (Å²) >= 11 is 0. The molecule has 2 N–H and O–H groups in total. The monoisotopic (exact) mass is 465 g/mol. The highest BCUT2D eigenvalue weighted by Crippen LogP contribution is 2.20. The minimum absolute atomic E-state index is 0. The van der Waals surface area contributed by atoms with Crippen LogP contribution in [-0.4, -0.2) is 74.2 Å². The fourth-order valence-corrected chi connectivity index (χ4v) is 3.97. The van der Waals surface area contributed by atoms with Crippen LogP contribution < -0.4 is 10.6 Å². The third-order valence-electron chi connectivity index (χ3n) is 5.92. The lowest BCUT2D eigenvalue weighted by molar-refractivity contribution is 0.187. The van der Waals surface area contributed by atoms with Gasteiger partial charge in [0.2, 0.25) is 0 Å². The Bertz CT molecular complexity index is 393. The zero-order valence-corrected chi connectivity index (χ0v) is 19.3. The molecule has 6 heteroatoms. The Labute approximate surface area is 172 Å². The van der Waals surface area contributed by atoms with E-state index < -0.39 is 0 Å². The molecule has 148 valence electrons. The highest BCUT2D eigenvalue weighted by atomic mass is 127. The number of aliphatic imine (C=N–C) groups is 1. The van der Waals surface area contributed by atoms with Crippen LogP contribution in [-0.2, 0) is 0 Å². The summed E-state index contributed by atoms with van der Waals surface area (Å²) in [5, 5.41) is 7.18. The number of guanidine groups is 1. The summed E-state index contributed by atoms with van der Waals surface area (Å²) in [5.74, 6) is 2.52. The molecule has 0 aromatic rings. The first-order valence-corrected chi connectivity index (χ1v) is 9.97. The first kappa shape index (κ1) is 23.0. The number of hydrogen-bond acceptors (Lipinski definition) is 3. The lowest BCUT2D eigenvalue weighted by atomic mass is 9.93. The van der Waals surface area contributed by atoms with E-state index in [-0.39, 0.29) is 24.0 Å². The van der Waals surface area contributed by atoms with Crippen molar-refractivity contribution in [2.75, 3.05) is 46.3 Å². The van der Waals surface area contributed by atoms with E-state index in [1.165, 1.54) is 45.4 Å². The van der Waals surface area contributed by atoms with Gasteiger partial charge in [-0.15, -0.1) is 24.0 Å². The van der Waals surface area contributed by atoms with Crippen molar-refractivity contribution >= 4 is 29.9 Å². The fourth-order valence-electron chi connectivity index (χ4n) is 3.97. The maximum absolute atomic E-state index is 4.43. The van der Waals surface area contributed by atoms with Gasteiger partial charge in [0.05, 0.1) is 0 Å². The standard InChI is InChI=1S/C19H39N5.HI/c1-6-23-11-8-17(9-12-23)7-10-21-19(20-5)22-18-14-24(15(2)3)13-16(18)4;/h15-18H,6-14H2,1-5H3,(H2,20,21,22);1H. The average Bonchev–Trinajstić information content (AvgIpc) is 2.95. The van der Waals surface area contributed by atoms with Gasteiger partial charge in [-0.25, -0.2) is 0 Å². The zero-order valence-electron chi connectivity index (χ0n) is 16.9. The molecule has 2 rings (SSSR count). The summed E-state index contributed by atoms with van der Waals surface area (Å²) < 4.78 is 0. The number of piperidine rings is 1. The Kier molecular flexibility index (Phi) is 10.6. The largest absolute Gasteiger partial charge is 0.356 e. The van der Waals surface area contributed by atoms with E-state index in [1.54, 1.807) is 0 Å². The Balaban J connectivity index is 0.00000312. The molecule has 0 bridgehead atoms. The van der Waals surface area contributed by atoms with Crippen molar-refractivity contribution in [2.24, 2.45) is 16.8 Å². The maximum Gasteiger partial charge on any atom is 0.191 e. The summed E-state index contributed by atoms with van der Waals surface area (Å²) in [7, 11) is 1.88. The van der Waals surface area contributed by atoms with Gasteiger partial charge in [0.1, 0.15) is 0 Å². The van der Waals surface area contributed by atoms with Gasteiger partial charge < -0.3 is 15.5 Å². The molecule has 0 saturated carbocycles. The van der Waals surface area contributed by atoms with Gasteiger partial charge in [-0.3, -0.25) is 9.89 Å². The molecule has 2 aliphatic heterocycles. The second kappa shape index (κ2) is 11.6. The maximum atomic E-state index is 4.43. The lowest BCUT2D eigenvalue weighted by Crippen LogP contribution is -2.47. The third-order valence-corrected chi connectivity index (χ3v) is 5.92. The van der Waals surface area contributed by atoms with Crippen LogP contribution in [0.2, 0.25) is 0 Å². The molecular formula is C19H40IN5. The minimum Gasteiger partial charge on any atom is -0.356 e. The Morgan fingerprint density at radius 2 is 1.88 bits per heavy atom. The number of hydrogen-bond donors (Lipinski definition) is 2. The Morgan fingerprint density at radius 1 is 1.20 bits per heavy atom. The first-order chi connectivity index (χ1) is 11.5. The predicted octanol–water partition coefficient (Wildman–Crippen LogP) is 2.62. The molecule has 0 radical (unpaired) electrons. The molecule has 0 amide bonds. The van der Waals surface area contributed by atoms with Gasteiger partial charge in [0.15, 0.2) is 5.96 Å². The van der Waals surface area contributed by atoms with Gasteiger partial charge in [-0.1, -0.05) is 13.8 Å². The van der Waals surface area contributed by atoms with Gasteiger partial charge >= 0.3 is 0 Å². The zero-order chi connectivity index (χ0) is 17.5. The summed E-state index contributed by atoms with van der Waals surface area (Å²) in [4.78, 5) is 9.55. The van der Waals surface area contributed by atoms with Crippen LogP contribution in [0, 0.1) is 11.8 Å². The van der Waals surface area contributed by atoms with Crippen molar-refractivity contribution in [3.63, 3.8) is 0 Å². The molecule has 0 spiro atoms. The number of rotatable bonds is 6. The Hall–Kier alpha value is -0.0800. The van der Waals surface area contributed by atoms with Crippen molar-refractivity contribution in [1.29, 1.82) is 0 Å². The molecule has 5 nitrogen and oxygen atoms in total. The minimum atomic E-state index is 0. The molecule has 2 unspecified atom stereocenters. The molecule has 2 saturated heterocycles. The summed E-state index contributed by atoms with van der Waals surface area (Å²) in [6.45, 7) is 16.3. The predicted molar refractivity (Wildman–Crippen MR) is 119 cm³/mol. The molecule has 2 heterocycles. The smallest absolute Gasteiger partial charge is 0.191 e. The van der Waals surface area contributed by atoms with Crippen LogP contribution in [0.15, 0.2) is 4.99 Å². The van der Waals surface area contributed by atoms with Crippen molar-refractivity contribution in [3.05, 3.63) is 0 Å². The SMILES string of the molecule is CCN1CCC(CCNC(=NC)NC2CN(C(C)C)CC2C)CC1.I. The van der Waals surface area contributed by atoms with E-state index >= 15 is 0 Å². The topological polar surface area (TPSA) is 42.9 Å². The number of nitrogens with zero attached hydrogens (tertiary/aromatic N) is 3. The van der Waals surface area contributed by atoms with E-state index in [0.717, 1.165) is 25.0 Å². The second-order valence-corrected chi connectivity index (χ2v) is 7.94. The van der Waals surface area contributed by atoms with Crippen LogP contribution in [0.3, 0.4) is 0 Å². The van der Waals surface area contributed by atoms with Crippen molar-refractivity contribution in [2.45, 2.75) is 59.0 Å². The Morgan fingerprint density at radius 3 is 2.40 bits per heavy atom. The quantitative estimate of drug-likeness (QED) is 0.360. The third kappa shape index (κ3) is 7.21. The van der Waals surface area contributed by atoms with Crippen molar-refractivity contribution in [3.8, 4) is 0 Å². The van der Waals surface area contributed by atoms with Gasteiger partial charge in [-0.05, 0) is 64.6 Å². The molecule has 0 aromatic carbocycles. The summed E-state index contributed by atoms with van der Waals surface area (Å²) in [6.07, 6.45) is 3.96. The molecule has 2 aliphatic rings. The van der Waals surface area contributed by atoms with E-state index in [9.17, 15) is 0 Å². The lowest BCUT2D eigenvalue weighted by Gasteiger charge is -2.31. The van der Waals surface area contributed by atoms with Gasteiger partial charge in [0.25, 0.3) is 0 Å². The van der Waals surface area contributed by atoms with Crippen LogP contribution in [0.4, 0.5) is 0 Å². The fraction of sp³-hybridized carbons (Fsp3) is 0.947. The van der Waals surface area contributed by atoms with E-state index in [1.807, 2.05) is 7.05 Å². The number of halogens is 1. The highest BCUT2D eigenvalue weighted by Gasteiger charge is 2.31.